The van der Waals surface area contributed by atoms with Crippen molar-refractivity contribution < 1.29 is 4.79 Å². The smallest absolute Gasteiger partial charge is 0.252 e. The molecule has 1 atom stereocenters. The van der Waals surface area contributed by atoms with Crippen LogP contribution in [0, 0.1) is 0 Å². The Morgan fingerprint density at radius 3 is 2.45 bits per heavy atom. The van der Waals surface area contributed by atoms with E-state index in [1.54, 1.807) is 18.3 Å². The molecule has 0 bridgehead atoms. The van der Waals surface area contributed by atoms with E-state index in [0.717, 1.165) is 37.6 Å². The van der Waals surface area contributed by atoms with Crippen molar-refractivity contribution in [3.8, 4) is 0 Å². The van der Waals surface area contributed by atoms with Crippen LogP contribution in [0.1, 0.15) is 30.2 Å². The van der Waals surface area contributed by atoms with Crippen LogP contribution in [0.15, 0.2) is 71.7 Å². The van der Waals surface area contributed by atoms with E-state index in [2.05, 4.69) is 44.6 Å². The van der Waals surface area contributed by atoms with Crippen LogP contribution < -0.4 is 21.1 Å². The van der Waals surface area contributed by atoms with Gasteiger partial charge in [0.25, 0.3) is 5.56 Å². The minimum atomic E-state index is -0.778. The molecule has 0 saturated carbocycles. The Morgan fingerprint density at radius 1 is 0.947 bits per heavy atom. The fourth-order valence-electron chi connectivity index (χ4n) is 5.43. The maximum atomic E-state index is 13.7. The number of carbonyl (C=O) groups is 1. The van der Waals surface area contributed by atoms with Crippen molar-refractivity contribution in [2.75, 3.05) is 48.8 Å². The lowest BCUT2D eigenvalue weighted by molar-refractivity contribution is 0.0876. The van der Waals surface area contributed by atoms with Gasteiger partial charge in [-0.15, -0.1) is 0 Å². The first-order valence-electron chi connectivity index (χ1n) is 12.9. The highest BCUT2D eigenvalue weighted by Crippen LogP contribution is 2.38. The minimum Gasteiger partial charge on any atom is -0.377 e. The van der Waals surface area contributed by atoms with E-state index >= 15 is 0 Å². The molecule has 2 N–H and O–H groups in total. The highest BCUT2D eigenvalue weighted by atomic mass is 16.1. The van der Waals surface area contributed by atoms with E-state index in [0.29, 0.717) is 22.5 Å². The molecule has 1 saturated heterocycles. The van der Waals surface area contributed by atoms with Gasteiger partial charge in [0.1, 0.15) is 11.7 Å². The van der Waals surface area contributed by atoms with Crippen LogP contribution in [0.5, 0.6) is 0 Å². The fourth-order valence-corrected chi connectivity index (χ4v) is 5.43. The predicted octanol–water partition coefficient (Wildman–Crippen LogP) is 3.92. The number of fused-ring (bicyclic) bond motifs is 2. The lowest BCUT2D eigenvalue weighted by Gasteiger charge is -2.41. The zero-order valence-corrected chi connectivity index (χ0v) is 21.8. The third-order valence-electron chi connectivity index (χ3n) is 7.50. The quantitative estimate of drug-likeness (QED) is 0.428. The van der Waals surface area contributed by atoms with Crippen molar-refractivity contribution in [1.82, 2.24) is 19.4 Å². The van der Waals surface area contributed by atoms with Crippen molar-refractivity contribution in [3.63, 3.8) is 0 Å². The first-order chi connectivity index (χ1) is 18.3. The molecular weight excluding hydrogens is 478 g/mol. The van der Waals surface area contributed by atoms with Crippen LogP contribution in [-0.4, -0.2) is 64.0 Å². The number of pyridine rings is 1. The second kappa shape index (κ2) is 9.25. The summed E-state index contributed by atoms with van der Waals surface area (Å²) in [6.07, 6.45) is 1.68. The molecule has 194 valence electrons. The number of Topliss-reactive ketones (excluding diaryl/α,β-unsaturated/α-hetero) is 1. The molecule has 9 nitrogen and oxygen atoms in total. The predicted molar refractivity (Wildman–Crippen MR) is 151 cm³/mol. The standard InChI is InChI=1S/C29H31N7O2/c1-29(2)26(25(38)22-6-4-5-7-23(22)33-29)36-24(37)13-8-19-18-30-28(32-27(19)36)31-20-9-11-21(12-10-20)35-16-14-34(3)15-17-35/h4-13,18,26,33H,14-17H2,1-3H3,(H,30,31,32). The number of aromatic nitrogens is 3. The molecule has 2 aromatic carbocycles. The van der Waals surface area contributed by atoms with Gasteiger partial charge in [0, 0.05) is 66.5 Å². The average Bonchev–Trinajstić information content (AvgIpc) is 2.90. The molecule has 6 rings (SSSR count). The molecule has 2 aliphatic rings. The van der Waals surface area contributed by atoms with Gasteiger partial charge in [-0.25, -0.2) is 4.98 Å². The highest BCUT2D eigenvalue weighted by Gasteiger charge is 2.43. The third-order valence-corrected chi connectivity index (χ3v) is 7.50. The number of hydrogen-bond donors (Lipinski definition) is 2. The van der Waals surface area contributed by atoms with E-state index in [9.17, 15) is 9.59 Å². The third kappa shape index (κ3) is 4.28. The molecule has 0 aliphatic carbocycles. The minimum absolute atomic E-state index is 0.119. The zero-order chi connectivity index (χ0) is 26.4. The number of anilines is 4. The normalized spacial score (nSPS) is 19.2. The largest absolute Gasteiger partial charge is 0.377 e. The molecule has 2 aromatic heterocycles. The Balaban J connectivity index is 1.34. The molecule has 0 amide bonds. The number of carbonyl (C=O) groups excluding carboxylic acids is 1. The number of ketones is 1. The molecule has 0 spiro atoms. The van der Waals surface area contributed by atoms with Crippen molar-refractivity contribution in [3.05, 3.63) is 82.8 Å². The molecule has 9 heteroatoms. The maximum Gasteiger partial charge on any atom is 0.252 e. The van der Waals surface area contributed by atoms with Crippen LogP contribution in [0.25, 0.3) is 11.0 Å². The van der Waals surface area contributed by atoms with Crippen molar-refractivity contribution >= 4 is 39.8 Å². The van der Waals surface area contributed by atoms with Crippen LogP contribution in [0.2, 0.25) is 0 Å². The molecule has 1 fully saturated rings. The van der Waals surface area contributed by atoms with Gasteiger partial charge in [0.2, 0.25) is 5.95 Å². The Bertz CT molecular complexity index is 1570. The number of para-hydroxylation sites is 1. The number of likely N-dealkylation sites (N-methyl/N-ethyl adjacent to an activating group) is 1. The molecule has 4 heterocycles. The second-order valence-electron chi connectivity index (χ2n) is 10.6. The monoisotopic (exact) mass is 509 g/mol. The van der Waals surface area contributed by atoms with Gasteiger partial charge in [-0.05, 0) is 63.4 Å². The lowest BCUT2D eigenvalue weighted by atomic mass is 9.82. The van der Waals surface area contributed by atoms with Gasteiger partial charge in [-0.2, -0.15) is 4.98 Å². The summed E-state index contributed by atoms with van der Waals surface area (Å²) in [5.74, 6) is 0.241. The number of benzene rings is 2. The van der Waals surface area contributed by atoms with Crippen molar-refractivity contribution in [1.29, 1.82) is 0 Å². The van der Waals surface area contributed by atoms with Gasteiger partial charge < -0.3 is 20.4 Å². The summed E-state index contributed by atoms with van der Waals surface area (Å²) in [4.78, 5) is 40.9. The summed E-state index contributed by atoms with van der Waals surface area (Å²) in [5, 5.41) is 7.40. The summed E-state index contributed by atoms with van der Waals surface area (Å²) in [7, 11) is 2.15. The summed E-state index contributed by atoms with van der Waals surface area (Å²) < 4.78 is 1.50. The molecule has 1 unspecified atom stereocenters. The number of nitrogens with one attached hydrogen (secondary N) is 2. The summed E-state index contributed by atoms with van der Waals surface area (Å²) >= 11 is 0. The van der Waals surface area contributed by atoms with Crippen molar-refractivity contribution in [2.45, 2.75) is 25.4 Å². The van der Waals surface area contributed by atoms with Crippen molar-refractivity contribution in [2.24, 2.45) is 0 Å². The molecule has 2 aliphatic heterocycles. The number of piperazine rings is 1. The Hall–Kier alpha value is -4.24. The van der Waals surface area contributed by atoms with E-state index in [1.165, 1.54) is 16.3 Å². The molecular formula is C29H31N7O2. The Kier molecular flexibility index (Phi) is 5.87. The number of hydrogen-bond acceptors (Lipinski definition) is 8. The van der Waals surface area contributed by atoms with E-state index < -0.39 is 11.6 Å². The van der Waals surface area contributed by atoms with E-state index in [-0.39, 0.29) is 11.3 Å². The second-order valence-corrected chi connectivity index (χ2v) is 10.6. The van der Waals surface area contributed by atoms with Crippen LogP contribution in [0.4, 0.5) is 23.0 Å². The molecule has 4 aromatic rings. The van der Waals surface area contributed by atoms with E-state index in [1.807, 2.05) is 44.2 Å². The van der Waals surface area contributed by atoms with Gasteiger partial charge >= 0.3 is 0 Å². The summed E-state index contributed by atoms with van der Waals surface area (Å²) in [5.41, 5.74) is 2.77. The van der Waals surface area contributed by atoms with Gasteiger partial charge in [-0.1, -0.05) is 12.1 Å². The Morgan fingerprint density at radius 2 is 1.68 bits per heavy atom. The molecule has 0 radical (unpaired) electrons. The fraction of sp³-hybridized carbons (Fsp3) is 0.310. The SMILES string of the molecule is CN1CCN(c2ccc(Nc3ncc4ccc(=O)n(C5C(=O)c6ccccc6NC5(C)C)c4n3)cc2)CC1. The summed E-state index contributed by atoms with van der Waals surface area (Å²) in [6.45, 7) is 7.97. The number of rotatable bonds is 4. The lowest BCUT2D eigenvalue weighted by Crippen LogP contribution is -2.51. The van der Waals surface area contributed by atoms with Crippen LogP contribution >= 0.6 is 0 Å². The average molecular weight is 510 g/mol. The first-order valence-corrected chi connectivity index (χ1v) is 12.9. The van der Waals surface area contributed by atoms with Crippen LogP contribution in [-0.2, 0) is 0 Å². The molecule has 38 heavy (non-hydrogen) atoms. The van der Waals surface area contributed by atoms with Gasteiger partial charge in [-0.3, -0.25) is 14.2 Å². The topological polar surface area (TPSA) is 95.4 Å². The highest BCUT2D eigenvalue weighted by molar-refractivity contribution is 6.07. The summed E-state index contributed by atoms with van der Waals surface area (Å²) in [6, 6.07) is 18.0. The zero-order valence-electron chi connectivity index (χ0n) is 21.8. The van der Waals surface area contributed by atoms with Gasteiger partial charge in [0.05, 0.1) is 5.54 Å². The number of nitrogens with zero attached hydrogens (tertiary/aromatic N) is 5. The van der Waals surface area contributed by atoms with E-state index in [4.69, 9.17) is 4.98 Å². The Labute approximate surface area is 221 Å². The van der Waals surface area contributed by atoms with Crippen LogP contribution in [0.3, 0.4) is 0 Å². The first kappa shape index (κ1) is 24.1. The van der Waals surface area contributed by atoms with Gasteiger partial charge in [0.15, 0.2) is 5.78 Å². The maximum absolute atomic E-state index is 13.7.